The van der Waals surface area contributed by atoms with Crippen molar-refractivity contribution in [3.05, 3.63) is 95.9 Å². The molecule has 0 atom stereocenters. The smallest absolute Gasteiger partial charge is 0.149 e. The number of hydrogen-bond acceptors (Lipinski definition) is 4. The summed E-state index contributed by atoms with van der Waals surface area (Å²) >= 11 is 0. The quantitative estimate of drug-likeness (QED) is 0.508. The van der Waals surface area contributed by atoms with Crippen molar-refractivity contribution in [2.24, 2.45) is 0 Å². The maximum absolute atomic E-state index is 14.2. The van der Waals surface area contributed by atoms with Crippen LogP contribution in [-0.4, -0.2) is 9.97 Å². The van der Waals surface area contributed by atoms with E-state index in [1.165, 1.54) is 6.20 Å². The van der Waals surface area contributed by atoms with E-state index in [1.807, 2.05) is 36.4 Å². The molecule has 0 radical (unpaired) electrons. The van der Waals surface area contributed by atoms with Gasteiger partial charge in [0.05, 0.1) is 5.39 Å². The van der Waals surface area contributed by atoms with E-state index in [0.29, 0.717) is 18.8 Å². The molecule has 0 amide bonds. The first-order valence-electron chi connectivity index (χ1n) is 8.78. The van der Waals surface area contributed by atoms with E-state index in [0.717, 1.165) is 29.0 Å². The number of pyridine rings is 2. The number of aromatic nitrogens is 2. The van der Waals surface area contributed by atoms with E-state index in [2.05, 4.69) is 15.3 Å². The number of ether oxygens (including phenoxy) is 1. The Morgan fingerprint density at radius 1 is 0.857 bits per heavy atom. The number of anilines is 1. The van der Waals surface area contributed by atoms with Crippen molar-refractivity contribution in [3.8, 4) is 5.75 Å². The molecule has 4 rings (SSSR count). The molecule has 0 unspecified atom stereocenters. The first-order valence-corrected chi connectivity index (χ1v) is 8.78. The van der Waals surface area contributed by atoms with Gasteiger partial charge < -0.3 is 10.1 Å². The van der Waals surface area contributed by atoms with Gasteiger partial charge in [-0.1, -0.05) is 18.2 Å². The molecule has 0 aliphatic rings. The van der Waals surface area contributed by atoms with E-state index in [9.17, 15) is 8.78 Å². The van der Waals surface area contributed by atoms with E-state index in [4.69, 9.17) is 4.74 Å². The lowest BCUT2D eigenvalue weighted by Gasteiger charge is -2.11. The second-order valence-electron chi connectivity index (χ2n) is 6.26. The Morgan fingerprint density at radius 3 is 2.46 bits per heavy atom. The molecule has 0 aliphatic heterocycles. The monoisotopic (exact) mass is 377 g/mol. The summed E-state index contributed by atoms with van der Waals surface area (Å²) in [6, 6.07) is 15.2. The van der Waals surface area contributed by atoms with Crippen LogP contribution < -0.4 is 10.1 Å². The van der Waals surface area contributed by atoms with Crippen molar-refractivity contribution in [1.82, 2.24) is 9.97 Å². The predicted molar refractivity (Wildman–Crippen MR) is 104 cm³/mol. The third-order valence-electron chi connectivity index (χ3n) is 4.33. The first kappa shape index (κ1) is 17.9. The van der Waals surface area contributed by atoms with Gasteiger partial charge in [-0.25, -0.2) is 8.78 Å². The molecule has 2 heterocycles. The number of fused-ring (bicyclic) bond motifs is 1. The average molecular weight is 377 g/mol. The molecule has 1 N–H and O–H groups in total. The SMILES string of the molecule is Fc1ccc(F)c2c(NCc3ccc(OCc4cccnc4)cc3)ccnc12. The highest BCUT2D eigenvalue weighted by Gasteiger charge is 2.11. The van der Waals surface area contributed by atoms with Gasteiger partial charge in [0.15, 0.2) is 0 Å². The van der Waals surface area contributed by atoms with Crippen molar-refractivity contribution in [2.45, 2.75) is 13.2 Å². The molecule has 0 aliphatic carbocycles. The van der Waals surface area contributed by atoms with Crippen LogP contribution in [0.15, 0.2) is 73.2 Å². The molecule has 0 fully saturated rings. The molecule has 6 heteroatoms. The van der Waals surface area contributed by atoms with Crippen LogP contribution in [0.4, 0.5) is 14.5 Å². The highest BCUT2D eigenvalue weighted by atomic mass is 19.1. The normalized spacial score (nSPS) is 10.8. The Bertz CT molecular complexity index is 1090. The molecular weight excluding hydrogens is 360 g/mol. The Morgan fingerprint density at radius 2 is 1.68 bits per heavy atom. The molecule has 2 aromatic heterocycles. The standard InChI is InChI=1S/C22H17F2N3O/c23-18-7-8-19(24)22-21(18)20(9-11-26-22)27-13-15-3-5-17(6-4-15)28-14-16-2-1-10-25-12-16/h1-12H,13-14H2,(H,26,27). The minimum Gasteiger partial charge on any atom is -0.489 e. The fourth-order valence-corrected chi connectivity index (χ4v) is 2.89. The molecule has 4 nitrogen and oxygen atoms in total. The van der Waals surface area contributed by atoms with E-state index in [1.54, 1.807) is 18.5 Å². The summed E-state index contributed by atoms with van der Waals surface area (Å²) in [6.45, 7) is 0.900. The van der Waals surface area contributed by atoms with Gasteiger partial charge in [-0.3, -0.25) is 9.97 Å². The Kier molecular flexibility index (Phi) is 5.10. The van der Waals surface area contributed by atoms with Crippen LogP contribution in [0.2, 0.25) is 0 Å². The maximum atomic E-state index is 14.2. The van der Waals surface area contributed by atoms with Crippen molar-refractivity contribution < 1.29 is 13.5 Å². The first-order chi connectivity index (χ1) is 13.7. The summed E-state index contributed by atoms with van der Waals surface area (Å²) in [6.07, 6.45) is 4.94. The van der Waals surface area contributed by atoms with E-state index < -0.39 is 11.6 Å². The van der Waals surface area contributed by atoms with Gasteiger partial charge in [-0.2, -0.15) is 0 Å². The third-order valence-corrected chi connectivity index (χ3v) is 4.33. The van der Waals surface area contributed by atoms with Gasteiger partial charge in [0.1, 0.15) is 29.5 Å². The van der Waals surface area contributed by atoms with Crippen LogP contribution in [0.3, 0.4) is 0 Å². The van der Waals surface area contributed by atoms with Gasteiger partial charge in [0, 0.05) is 36.4 Å². The van der Waals surface area contributed by atoms with Gasteiger partial charge in [0.2, 0.25) is 0 Å². The molecule has 0 saturated heterocycles. The van der Waals surface area contributed by atoms with Crippen molar-refractivity contribution in [1.29, 1.82) is 0 Å². The van der Waals surface area contributed by atoms with Crippen molar-refractivity contribution in [3.63, 3.8) is 0 Å². The number of nitrogens with zero attached hydrogens (tertiary/aromatic N) is 2. The van der Waals surface area contributed by atoms with Crippen LogP contribution in [0, 0.1) is 11.6 Å². The number of hydrogen-bond donors (Lipinski definition) is 1. The van der Waals surface area contributed by atoms with Crippen molar-refractivity contribution >= 4 is 16.6 Å². The minimum absolute atomic E-state index is 0.0177. The Labute approximate surface area is 160 Å². The molecular formula is C22H17F2N3O. The zero-order chi connectivity index (χ0) is 19.3. The third kappa shape index (κ3) is 3.91. The summed E-state index contributed by atoms with van der Waals surface area (Å²) < 4.78 is 33.8. The van der Waals surface area contributed by atoms with E-state index >= 15 is 0 Å². The molecule has 28 heavy (non-hydrogen) atoms. The van der Waals surface area contributed by atoms with Crippen LogP contribution >= 0.6 is 0 Å². The summed E-state index contributed by atoms with van der Waals surface area (Å²) in [5, 5.41) is 3.31. The molecule has 0 bridgehead atoms. The minimum atomic E-state index is -0.546. The molecule has 2 aromatic carbocycles. The molecule has 4 aromatic rings. The molecule has 0 saturated carbocycles. The van der Waals surface area contributed by atoms with Gasteiger partial charge in [0.25, 0.3) is 0 Å². The number of nitrogens with one attached hydrogen (secondary N) is 1. The predicted octanol–water partition coefficient (Wildman–Crippen LogP) is 5.10. The van der Waals surface area contributed by atoms with E-state index in [-0.39, 0.29) is 10.9 Å². The lowest BCUT2D eigenvalue weighted by Crippen LogP contribution is -2.02. The molecule has 140 valence electrons. The fraction of sp³-hybridized carbons (Fsp3) is 0.0909. The van der Waals surface area contributed by atoms with Crippen LogP contribution in [0.5, 0.6) is 5.75 Å². The lowest BCUT2D eigenvalue weighted by atomic mass is 10.1. The Balaban J connectivity index is 1.43. The summed E-state index contributed by atoms with van der Waals surface area (Å²) in [5.41, 5.74) is 2.49. The second kappa shape index (κ2) is 8.00. The van der Waals surface area contributed by atoms with Crippen LogP contribution in [-0.2, 0) is 13.2 Å². The van der Waals surface area contributed by atoms with Gasteiger partial charge >= 0.3 is 0 Å². The number of halogens is 2. The summed E-state index contributed by atoms with van der Waals surface area (Å²) in [7, 11) is 0. The summed E-state index contributed by atoms with van der Waals surface area (Å²) in [4.78, 5) is 7.99. The highest BCUT2D eigenvalue weighted by Crippen LogP contribution is 2.27. The fourth-order valence-electron chi connectivity index (χ4n) is 2.89. The second-order valence-corrected chi connectivity index (χ2v) is 6.26. The average Bonchev–Trinajstić information content (AvgIpc) is 2.75. The van der Waals surface area contributed by atoms with Gasteiger partial charge in [-0.05, 0) is 42.0 Å². The zero-order valence-corrected chi connectivity index (χ0v) is 14.9. The number of benzene rings is 2. The zero-order valence-electron chi connectivity index (χ0n) is 14.9. The Hall–Kier alpha value is -3.54. The maximum Gasteiger partial charge on any atom is 0.149 e. The van der Waals surface area contributed by atoms with Crippen molar-refractivity contribution in [2.75, 3.05) is 5.32 Å². The molecule has 0 spiro atoms. The highest BCUT2D eigenvalue weighted by molar-refractivity contribution is 5.91. The number of rotatable bonds is 6. The van der Waals surface area contributed by atoms with Gasteiger partial charge in [-0.15, -0.1) is 0 Å². The lowest BCUT2D eigenvalue weighted by molar-refractivity contribution is 0.305. The van der Waals surface area contributed by atoms with Crippen LogP contribution in [0.1, 0.15) is 11.1 Å². The summed E-state index contributed by atoms with van der Waals surface area (Å²) in [5.74, 6) is -0.309. The topological polar surface area (TPSA) is 47.0 Å². The van der Waals surface area contributed by atoms with Crippen LogP contribution in [0.25, 0.3) is 10.9 Å². The largest absolute Gasteiger partial charge is 0.489 e.